The normalized spacial score (nSPS) is 19.1. The van der Waals surface area contributed by atoms with Crippen LogP contribution in [0.15, 0.2) is 41.9 Å². The monoisotopic (exact) mass is 315 g/mol. The Balaban J connectivity index is 1.68. The average molecular weight is 315 g/mol. The highest BCUT2D eigenvalue weighted by molar-refractivity contribution is 7.09. The Morgan fingerprint density at radius 2 is 2.23 bits per heavy atom. The molecule has 0 radical (unpaired) electrons. The van der Waals surface area contributed by atoms with Crippen molar-refractivity contribution in [1.29, 1.82) is 0 Å². The Hall–Kier alpha value is -1.23. The molecule has 1 fully saturated rings. The van der Waals surface area contributed by atoms with E-state index < -0.39 is 0 Å². The van der Waals surface area contributed by atoms with E-state index >= 15 is 0 Å². The number of likely N-dealkylation sites (N-methyl/N-ethyl adjacent to an activating group) is 1. The van der Waals surface area contributed by atoms with Crippen molar-refractivity contribution in [2.75, 3.05) is 19.6 Å². The van der Waals surface area contributed by atoms with Gasteiger partial charge in [0.2, 0.25) is 0 Å². The molecular weight excluding hydrogens is 290 g/mol. The molecule has 22 heavy (non-hydrogen) atoms. The van der Waals surface area contributed by atoms with Gasteiger partial charge in [-0.2, -0.15) is 0 Å². The van der Waals surface area contributed by atoms with Gasteiger partial charge < -0.3 is 0 Å². The van der Waals surface area contributed by atoms with Crippen LogP contribution in [0.1, 0.15) is 30.3 Å². The molecule has 0 aliphatic carbocycles. The first-order chi connectivity index (χ1) is 10.8. The molecule has 0 amide bonds. The molecule has 3 nitrogen and oxygen atoms in total. The zero-order valence-corrected chi connectivity index (χ0v) is 14.1. The maximum atomic E-state index is 4.51. The Bertz CT molecular complexity index is 541. The van der Waals surface area contributed by atoms with E-state index in [0.29, 0.717) is 6.04 Å². The van der Waals surface area contributed by atoms with E-state index in [9.17, 15) is 0 Å². The molecule has 1 aliphatic rings. The van der Waals surface area contributed by atoms with Crippen LogP contribution in [0.3, 0.4) is 0 Å². The molecule has 0 bridgehead atoms. The zero-order valence-electron chi connectivity index (χ0n) is 13.3. The fourth-order valence-corrected chi connectivity index (χ4v) is 4.09. The highest BCUT2D eigenvalue weighted by Crippen LogP contribution is 2.20. The number of pyridine rings is 1. The molecule has 1 saturated heterocycles. The Morgan fingerprint density at radius 3 is 2.95 bits per heavy atom. The summed E-state index contributed by atoms with van der Waals surface area (Å²) in [5, 5.41) is 2.17. The maximum Gasteiger partial charge on any atom is 0.0544 e. The molecule has 1 aliphatic heterocycles. The molecule has 2 aromatic rings. The number of aromatic nitrogens is 1. The molecule has 4 heteroatoms. The summed E-state index contributed by atoms with van der Waals surface area (Å²) in [6, 6.07) is 11.3. The maximum absolute atomic E-state index is 4.51. The largest absolute Gasteiger partial charge is 0.299 e. The van der Waals surface area contributed by atoms with Crippen LogP contribution in [-0.4, -0.2) is 40.5 Å². The van der Waals surface area contributed by atoms with Crippen LogP contribution >= 0.6 is 11.3 Å². The van der Waals surface area contributed by atoms with E-state index in [2.05, 4.69) is 51.4 Å². The minimum Gasteiger partial charge on any atom is -0.299 e. The van der Waals surface area contributed by atoms with Gasteiger partial charge in [-0.25, -0.2) is 0 Å². The Kier molecular flexibility index (Phi) is 5.59. The minimum atomic E-state index is 0.702. The molecule has 0 spiro atoms. The van der Waals surface area contributed by atoms with E-state index in [1.807, 2.05) is 23.6 Å². The molecular formula is C18H25N3S. The van der Waals surface area contributed by atoms with Crippen LogP contribution in [0.4, 0.5) is 0 Å². The molecule has 0 N–H and O–H groups in total. The topological polar surface area (TPSA) is 19.4 Å². The molecule has 0 unspecified atom stereocenters. The van der Waals surface area contributed by atoms with Crippen molar-refractivity contribution in [2.45, 2.75) is 38.9 Å². The predicted octanol–water partition coefficient (Wildman–Crippen LogP) is 3.63. The van der Waals surface area contributed by atoms with Crippen LogP contribution < -0.4 is 0 Å². The Labute approximate surface area is 137 Å². The van der Waals surface area contributed by atoms with Crippen molar-refractivity contribution in [1.82, 2.24) is 14.8 Å². The molecule has 3 rings (SSSR count). The number of hydrogen-bond donors (Lipinski definition) is 0. The van der Waals surface area contributed by atoms with Crippen molar-refractivity contribution in [3.8, 4) is 0 Å². The third-order valence-corrected chi connectivity index (χ3v) is 5.31. The van der Waals surface area contributed by atoms with Crippen molar-refractivity contribution < 1.29 is 0 Å². The van der Waals surface area contributed by atoms with Gasteiger partial charge in [0.15, 0.2) is 0 Å². The lowest BCUT2D eigenvalue weighted by Gasteiger charge is -2.29. The van der Waals surface area contributed by atoms with Crippen molar-refractivity contribution >= 4 is 11.3 Å². The second-order valence-corrected chi connectivity index (χ2v) is 7.03. The quantitative estimate of drug-likeness (QED) is 0.778. The highest BCUT2D eigenvalue weighted by Gasteiger charge is 2.25. The second-order valence-electron chi connectivity index (χ2n) is 5.99. The zero-order chi connectivity index (χ0) is 15.2. The lowest BCUT2D eigenvalue weighted by Crippen LogP contribution is -2.39. The first kappa shape index (κ1) is 15.7. The Morgan fingerprint density at radius 1 is 1.27 bits per heavy atom. The predicted molar refractivity (Wildman–Crippen MR) is 92.9 cm³/mol. The first-order valence-electron chi connectivity index (χ1n) is 8.24. The van der Waals surface area contributed by atoms with Crippen LogP contribution in [0.2, 0.25) is 0 Å². The van der Waals surface area contributed by atoms with Crippen LogP contribution in [0, 0.1) is 0 Å². The fourth-order valence-electron chi connectivity index (χ4n) is 3.34. The van der Waals surface area contributed by atoms with E-state index in [4.69, 9.17) is 0 Å². The van der Waals surface area contributed by atoms with Gasteiger partial charge in [0.25, 0.3) is 0 Å². The SMILES string of the molecule is CCN1CCC[C@@H]1CN(Cc1ccccn1)Cc1cccs1. The molecule has 0 aromatic carbocycles. The molecule has 3 heterocycles. The van der Waals surface area contributed by atoms with Gasteiger partial charge in [-0.15, -0.1) is 11.3 Å². The molecule has 118 valence electrons. The van der Waals surface area contributed by atoms with Crippen LogP contribution in [-0.2, 0) is 13.1 Å². The summed E-state index contributed by atoms with van der Waals surface area (Å²) >= 11 is 1.85. The van der Waals surface area contributed by atoms with E-state index in [-0.39, 0.29) is 0 Å². The van der Waals surface area contributed by atoms with Crippen LogP contribution in [0.25, 0.3) is 0 Å². The lowest BCUT2D eigenvalue weighted by molar-refractivity contribution is 0.165. The molecule has 0 saturated carbocycles. The number of hydrogen-bond acceptors (Lipinski definition) is 4. The molecule has 1 atom stereocenters. The van der Waals surface area contributed by atoms with Crippen molar-refractivity contribution in [2.24, 2.45) is 0 Å². The summed E-state index contributed by atoms with van der Waals surface area (Å²) < 4.78 is 0. The standard InChI is InChI=1S/C18H25N3S/c1-2-21-11-5-8-17(21)14-20(15-18-9-6-12-22-18)13-16-7-3-4-10-19-16/h3-4,6-7,9-10,12,17H,2,5,8,11,13-15H2,1H3/t17-/m1/s1. The van der Waals surface area contributed by atoms with Gasteiger partial charge in [-0.05, 0) is 49.5 Å². The summed E-state index contributed by atoms with van der Waals surface area (Å²) in [6.45, 7) is 7.82. The lowest BCUT2D eigenvalue weighted by atomic mass is 10.2. The summed E-state index contributed by atoms with van der Waals surface area (Å²) in [7, 11) is 0. The summed E-state index contributed by atoms with van der Waals surface area (Å²) in [5.41, 5.74) is 1.17. The number of thiophene rings is 1. The molecule has 2 aromatic heterocycles. The number of nitrogens with zero attached hydrogens (tertiary/aromatic N) is 3. The first-order valence-corrected chi connectivity index (χ1v) is 9.12. The minimum absolute atomic E-state index is 0.702. The number of rotatable bonds is 7. The van der Waals surface area contributed by atoms with Gasteiger partial charge in [0, 0.05) is 36.8 Å². The van der Waals surface area contributed by atoms with Crippen molar-refractivity contribution in [3.63, 3.8) is 0 Å². The fraction of sp³-hybridized carbons (Fsp3) is 0.500. The number of likely N-dealkylation sites (tertiary alicyclic amines) is 1. The van der Waals surface area contributed by atoms with Gasteiger partial charge >= 0.3 is 0 Å². The van der Waals surface area contributed by atoms with Gasteiger partial charge in [-0.3, -0.25) is 14.8 Å². The summed E-state index contributed by atoms with van der Waals surface area (Å²) in [5.74, 6) is 0. The third-order valence-electron chi connectivity index (χ3n) is 4.45. The highest BCUT2D eigenvalue weighted by atomic mass is 32.1. The van der Waals surface area contributed by atoms with E-state index in [1.54, 1.807) is 0 Å². The second kappa shape index (κ2) is 7.86. The van der Waals surface area contributed by atoms with Gasteiger partial charge in [0.05, 0.1) is 5.69 Å². The van der Waals surface area contributed by atoms with Gasteiger partial charge in [-0.1, -0.05) is 19.1 Å². The van der Waals surface area contributed by atoms with Crippen molar-refractivity contribution in [3.05, 3.63) is 52.5 Å². The van der Waals surface area contributed by atoms with Gasteiger partial charge in [0.1, 0.15) is 0 Å². The van der Waals surface area contributed by atoms with E-state index in [0.717, 1.165) is 19.6 Å². The summed E-state index contributed by atoms with van der Waals surface area (Å²) in [4.78, 5) is 11.1. The average Bonchev–Trinajstić information content (AvgIpc) is 3.20. The smallest absolute Gasteiger partial charge is 0.0544 e. The summed E-state index contributed by atoms with van der Waals surface area (Å²) in [6.07, 6.45) is 4.57. The van der Waals surface area contributed by atoms with Crippen LogP contribution in [0.5, 0.6) is 0 Å². The third kappa shape index (κ3) is 4.15. The van der Waals surface area contributed by atoms with E-state index in [1.165, 1.54) is 36.5 Å².